The van der Waals surface area contributed by atoms with Crippen molar-refractivity contribution in [3.05, 3.63) is 0 Å². The number of hydrogen-bond acceptors (Lipinski definition) is 4. The van der Waals surface area contributed by atoms with Gasteiger partial charge < -0.3 is 15.0 Å². The molecule has 1 atom stereocenters. The van der Waals surface area contributed by atoms with Gasteiger partial charge in [0.05, 0.1) is 6.61 Å². The van der Waals surface area contributed by atoms with Gasteiger partial charge in [-0.25, -0.2) is 0 Å². The van der Waals surface area contributed by atoms with E-state index in [1.807, 2.05) is 20.8 Å². The zero-order valence-corrected chi connectivity index (χ0v) is 12.0. The number of esters is 1. The predicted molar refractivity (Wildman–Crippen MR) is 71.1 cm³/mol. The first-order valence-electron chi connectivity index (χ1n) is 6.61. The average molecular weight is 244 g/mol. The van der Waals surface area contributed by atoms with E-state index in [1.54, 1.807) is 0 Å². The van der Waals surface area contributed by atoms with Crippen LogP contribution in [0.5, 0.6) is 0 Å². The van der Waals surface area contributed by atoms with Gasteiger partial charge in [-0.2, -0.15) is 0 Å². The summed E-state index contributed by atoms with van der Waals surface area (Å²) < 4.78 is 5.13. The first kappa shape index (κ1) is 16.4. The van der Waals surface area contributed by atoms with Crippen molar-refractivity contribution >= 4 is 5.97 Å². The summed E-state index contributed by atoms with van der Waals surface area (Å²) in [6, 6.07) is 0. The molecule has 0 saturated carbocycles. The summed E-state index contributed by atoms with van der Waals surface area (Å²) in [6.45, 7) is 11.1. The van der Waals surface area contributed by atoms with E-state index < -0.39 is 5.54 Å². The molecule has 0 heterocycles. The maximum Gasteiger partial charge on any atom is 0.326 e. The zero-order valence-electron chi connectivity index (χ0n) is 12.0. The molecule has 17 heavy (non-hydrogen) atoms. The van der Waals surface area contributed by atoms with E-state index in [0.717, 1.165) is 32.5 Å². The van der Waals surface area contributed by atoms with Crippen molar-refractivity contribution < 1.29 is 9.53 Å². The molecule has 0 radical (unpaired) electrons. The molecule has 1 unspecified atom stereocenters. The Morgan fingerprint density at radius 1 is 1.29 bits per heavy atom. The Hall–Kier alpha value is -0.610. The van der Waals surface area contributed by atoms with Crippen molar-refractivity contribution in [3.63, 3.8) is 0 Å². The number of hydrogen-bond donors (Lipinski definition) is 1. The van der Waals surface area contributed by atoms with Crippen molar-refractivity contribution in [3.8, 4) is 0 Å². The molecular formula is C13H28N2O2. The molecule has 0 saturated heterocycles. The molecule has 0 fully saturated rings. The Morgan fingerprint density at radius 2 is 1.94 bits per heavy atom. The normalized spacial score (nSPS) is 14.7. The molecule has 4 heteroatoms. The first-order valence-corrected chi connectivity index (χ1v) is 6.61. The summed E-state index contributed by atoms with van der Waals surface area (Å²) in [7, 11) is 2.08. The molecule has 0 spiro atoms. The van der Waals surface area contributed by atoms with Crippen LogP contribution in [0.15, 0.2) is 0 Å². The fraction of sp³-hybridized carbons (Fsp3) is 0.923. The summed E-state index contributed by atoms with van der Waals surface area (Å²) >= 11 is 0. The molecule has 1 N–H and O–H groups in total. The third kappa shape index (κ3) is 6.03. The third-order valence-corrected chi connectivity index (χ3v) is 2.89. The summed E-state index contributed by atoms with van der Waals surface area (Å²) in [4.78, 5) is 14.2. The van der Waals surface area contributed by atoms with E-state index in [4.69, 9.17) is 4.74 Å². The van der Waals surface area contributed by atoms with Crippen LogP contribution in [0, 0.1) is 0 Å². The highest BCUT2D eigenvalue weighted by Crippen LogP contribution is 2.13. The minimum absolute atomic E-state index is 0.147. The molecule has 0 amide bonds. The van der Waals surface area contributed by atoms with Crippen LogP contribution in [-0.2, 0) is 9.53 Å². The maximum atomic E-state index is 11.9. The Morgan fingerprint density at radius 3 is 2.41 bits per heavy atom. The Labute approximate surface area is 106 Å². The van der Waals surface area contributed by atoms with Gasteiger partial charge in [-0.05, 0) is 46.8 Å². The lowest BCUT2D eigenvalue weighted by molar-refractivity contribution is -0.150. The van der Waals surface area contributed by atoms with Crippen molar-refractivity contribution in [1.82, 2.24) is 10.2 Å². The number of likely N-dealkylation sites (N-methyl/N-ethyl adjacent to an activating group) is 1. The van der Waals surface area contributed by atoms with Gasteiger partial charge in [0.2, 0.25) is 0 Å². The summed E-state index contributed by atoms with van der Waals surface area (Å²) in [5.41, 5.74) is -0.563. The van der Waals surface area contributed by atoms with E-state index in [9.17, 15) is 4.79 Å². The molecule has 102 valence electrons. The van der Waals surface area contributed by atoms with Gasteiger partial charge in [0, 0.05) is 6.54 Å². The van der Waals surface area contributed by atoms with Gasteiger partial charge in [-0.3, -0.25) is 4.79 Å². The van der Waals surface area contributed by atoms with Crippen molar-refractivity contribution in [2.45, 2.75) is 46.1 Å². The topological polar surface area (TPSA) is 41.6 Å². The summed E-state index contributed by atoms with van der Waals surface area (Å²) in [5.74, 6) is -0.147. The van der Waals surface area contributed by atoms with Crippen LogP contribution in [0.1, 0.15) is 40.5 Å². The highest BCUT2D eigenvalue weighted by Gasteiger charge is 2.33. The number of nitrogens with zero attached hydrogens (tertiary/aromatic N) is 1. The lowest BCUT2D eigenvalue weighted by Crippen LogP contribution is -2.52. The molecule has 0 aliphatic carbocycles. The second-order valence-electron chi connectivity index (χ2n) is 4.64. The molecule has 4 nitrogen and oxygen atoms in total. The number of nitrogens with one attached hydrogen (secondary N) is 1. The van der Waals surface area contributed by atoms with E-state index in [2.05, 4.69) is 24.2 Å². The maximum absolute atomic E-state index is 11.9. The van der Waals surface area contributed by atoms with E-state index >= 15 is 0 Å². The van der Waals surface area contributed by atoms with Crippen LogP contribution in [0.3, 0.4) is 0 Å². The van der Waals surface area contributed by atoms with Crippen LogP contribution in [0.4, 0.5) is 0 Å². The van der Waals surface area contributed by atoms with Gasteiger partial charge in [-0.15, -0.1) is 0 Å². The number of carbonyl (C=O) groups excluding carboxylic acids is 1. The predicted octanol–water partition coefficient (Wildman–Crippen LogP) is 1.65. The Bertz CT molecular complexity index is 221. The smallest absolute Gasteiger partial charge is 0.326 e. The highest BCUT2D eigenvalue weighted by molar-refractivity contribution is 5.80. The molecule has 0 aromatic rings. The first-order chi connectivity index (χ1) is 8.00. The second-order valence-corrected chi connectivity index (χ2v) is 4.64. The van der Waals surface area contributed by atoms with Crippen LogP contribution in [0.25, 0.3) is 0 Å². The van der Waals surface area contributed by atoms with E-state index in [0.29, 0.717) is 6.61 Å². The lowest BCUT2D eigenvalue weighted by Gasteiger charge is -2.30. The Balaban J connectivity index is 4.34. The number of carbonyl (C=O) groups is 1. The monoisotopic (exact) mass is 244 g/mol. The van der Waals surface area contributed by atoms with E-state index in [1.165, 1.54) is 0 Å². The quantitative estimate of drug-likeness (QED) is 0.626. The summed E-state index contributed by atoms with van der Waals surface area (Å²) in [6.07, 6.45) is 1.91. The minimum Gasteiger partial charge on any atom is -0.465 e. The van der Waals surface area contributed by atoms with Gasteiger partial charge in [0.15, 0.2) is 0 Å². The largest absolute Gasteiger partial charge is 0.465 e. The fourth-order valence-electron chi connectivity index (χ4n) is 1.85. The van der Waals surface area contributed by atoms with Gasteiger partial charge in [-0.1, -0.05) is 13.8 Å². The third-order valence-electron chi connectivity index (χ3n) is 2.89. The SMILES string of the molecule is CCCN(C)CCC(C)(NCC)C(=O)OCC. The summed E-state index contributed by atoms with van der Waals surface area (Å²) in [5, 5.41) is 3.24. The minimum atomic E-state index is -0.563. The van der Waals surface area contributed by atoms with Crippen molar-refractivity contribution in [1.29, 1.82) is 0 Å². The molecular weight excluding hydrogens is 216 g/mol. The highest BCUT2D eigenvalue weighted by atomic mass is 16.5. The molecule has 0 rings (SSSR count). The van der Waals surface area contributed by atoms with Gasteiger partial charge in [0.25, 0.3) is 0 Å². The van der Waals surface area contributed by atoms with Crippen LogP contribution >= 0.6 is 0 Å². The molecule has 0 aliphatic rings. The average Bonchev–Trinajstić information content (AvgIpc) is 2.27. The number of ether oxygens (including phenoxy) is 1. The molecule has 0 bridgehead atoms. The fourth-order valence-corrected chi connectivity index (χ4v) is 1.85. The molecule has 0 aromatic heterocycles. The van der Waals surface area contributed by atoms with E-state index in [-0.39, 0.29) is 5.97 Å². The van der Waals surface area contributed by atoms with Gasteiger partial charge >= 0.3 is 5.97 Å². The van der Waals surface area contributed by atoms with Crippen LogP contribution in [0.2, 0.25) is 0 Å². The lowest BCUT2D eigenvalue weighted by atomic mass is 9.97. The van der Waals surface area contributed by atoms with Crippen molar-refractivity contribution in [2.24, 2.45) is 0 Å². The molecule has 0 aliphatic heterocycles. The number of rotatable bonds is 9. The van der Waals surface area contributed by atoms with Crippen molar-refractivity contribution in [2.75, 3.05) is 33.3 Å². The van der Waals surface area contributed by atoms with Crippen LogP contribution < -0.4 is 5.32 Å². The van der Waals surface area contributed by atoms with Gasteiger partial charge in [0.1, 0.15) is 5.54 Å². The zero-order chi connectivity index (χ0) is 13.3. The second kappa shape index (κ2) is 8.48. The molecule has 0 aromatic carbocycles. The Kier molecular flexibility index (Phi) is 8.17. The van der Waals surface area contributed by atoms with Crippen LogP contribution in [-0.4, -0.2) is 49.7 Å². The standard InChI is InChI=1S/C13H28N2O2/c1-6-10-15(5)11-9-13(4,14-7-2)12(16)17-8-3/h14H,6-11H2,1-5H3.